The van der Waals surface area contributed by atoms with Crippen LogP contribution in [0.3, 0.4) is 0 Å². The van der Waals surface area contributed by atoms with Crippen LogP contribution in [0.1, 0.15) is 40.2 Å². The van der Waals surface area contributed by atoms with E-state index in [0.29, 0.717) is 19.7 Å². The fourth-order valence-corrected chi connectivity index (χ4v) is 3.25. The van der Waals surface area contributed by atoms with Gasteiger partial charge in [-0.3, -0.25) is 4.90 Å². The summed E-state index contributed by atoms with van der Waals surface area (Å²) < 4.78 is 17.1. The Morgan fingerprint density at radius 3 is 2.30 bits per heavy atom. The average molecular weight is 374 g/mol. The predicted octanol–water partition coefficient (Wildman–Crippen LogP) is 2.26. The second-order valence-electron chi connectivity index (χ2n) is 9.01. The maximum absolute atomic E-state index is 12.1. The molecule has 2 heterocycles. The first-order valence-electron chi connectivity index (χ1n) is 9.70. The van der Waals surface area contributed by atoms with Crippen molar-refractivity contribution in [2.45, 2.75) is 52.4 Å². The number of benzene rings is 1. The first-order chi connectivity index (χ1) is 12.6. The lowest BCUT2D eigenvalue weighted by Crippen LogP contribution is -2.49. The summed E-state index contributed by atoms with van der Waals surface area (Å²) in [5.41, 5.74) is 1.63. The van der Waals surface area contributed by atoms with Crippen molar-refractivity contribution in [1.82, 2.24) is 9.80 Å². The van der Waals surface area contributed by atoms with Crippen LogP contribution < -0.4 is 5.46 Å². The van der Waals surface area contributed by atoms with E-state index in [0.717, 1.165) is 25.1 Å². The van der Waals surface area contributed by atoms with Crippen LogP contribution in [0.4, 0.5) is 4.79 Å². The molecular weight excluding hydrogens is 343 g/mol. The van der Waals surface area contributed by atoms with Gasteiger partial charge in [0, 0.05) is 32.7 Å². The molecule has 2 aliphatic rings. The zero-order valence-electron chi connectivity index (χ0n) is 17.2. The quantitative estimate of drug-likeness (QED) is 0.760. The molecule has 0 spiro atoms. The molecule has 0 aromatic heterocycles. The summed E-state index contributed by atoms with van der Waals surface area (Å²) in [6, 6.07) is 8.43. The molecule has 0 saturated carbocycles. The lowest BCUT2D eigenvalue weighted by Gasteiger charge is -2.35. The molecule has 2 saturated heterocycles. The SMILES string of the molecule is CC(C)(C)OC(=O)N1CCN(Cc2ccc(B3OCC(C)(C)O3)cc2)CC1. The van der Waals surface area contributed by atoms with Crippen LogP contribution in [0.15, 0.2) is 24.3 Å². The molecule has 1 aromatic rings. The zero-order valence-corrected chi connectivity index (χ0v) is 17.2. The maximum atomic E-state index is 12.1. The number of ether oxygens (including phenoxy) is 1. The van der Waals surface area contributed by atoms with Crippen LogP contribution in [0, 0.1) is 0 Å². The van der Waals surface area contributed by atoms with Crippen LogP contribution in [0.2, 0.25) is 0 Å². The van der Waals surface area contributed by atoms with Gasteiger partial charge in [0.15, 0.2) is 0 Å². The molecule has 6 nitrogen and oxygen atoms in total. The molecule has 1 aromatic carbocycles. The predicted molar refractivity (Wildman–Crippen MR) is 106 cm³/mol. The summed E-state index contributed by atoms with van der Waals surface area (Å²) in [5.74, 6) is 0. The fourth-order valence-electron chi connectivity index (χ4n) is 3.25. The Morgan fingerprint density at radius 1 is 1.15 bits per heavy atom. The second kappa shape index (κ2) is 7.82. The van der Waals surface area contributed by atoms with Crippen LogP contribution >= 0.6 is 0 Å². The Kier molecular flexibility index (Phi) is 5.84. The van der Waals surface area contributed by atoms with Crippen molar-refractivity contribution < 1.29 is 18.8 Å². The van der Waals surface area contributed by atoms with E-state index in [1.165, 1.54) is 5.56 Å². The Morgan fingerprint density at radius 2 is 1.78 bits per heavy atom. The molecule has 2 aliphatic heterocycles. The number of nitrogens with zero attached hydrogens (tertiary/aromatic N) is 2. The Labute approximate surface area is 162 Å². The molecule has 0 aliphatic carbocycles. The van der Waals surface area contributed by atoms with Gasteiger partial charge in [-0.25, -0.2) is 4.79 Å². The lowest BCUT2D eigenvalue weighted by molar-refractivity contribution is 0.0139. The van der Waals surface area contributed by atoms with Crippen LogP contribution in [-0.4, -0.2) is 67.0 Å². The van der Waals surface area contributed by atoms with Crippen LogP contribution in [-0.2, 0) is 20.6 Å². The number of hydrogen-bond donors (Lipinski definition) is 0. The van der Waals surface area contributed by atoms with E-state index >= 15 is 0 Å². The molecule has 0 atom stereocenters. The summed E-state index contributed by atoms with van der Waals surface area (Å²) in [4.78, 5) is 16.3. The van der Waals surface area contributed by atoms with Crippen molar-refractivity contribution in [1.29, 1.82) is 0 Å². The third kappa shape index (κ3) is 5.70. The highest BCUT2D eigenvalue weighted by atomic mass is 16.7. The molecule has 0 bridgehead atoms. The van der Waals surface area contributed by atoms with Crippen molar-refractivity contribution >= 4 is 18.7 Å². The minimum atomic E-state index is -0.447. The first-order valence-corrected chi connectivity index (χ1v) is 9.70. The number of carbonyl (C=O) groups is 1. The Bertz CT molecular complexity index is 649. The summed E-state index contributed by atoms with van der Waals surface area (Å²) in [6.45, 7) is 14.4. The van der Waals surface area contributed by atoms with E-state index in [4.69, 9.17) is 14.0 Å². The third-order valence-corrected chi connectivity index (χ3v) is 4.69. The molecule has 2 fully saturated rings. The fraction of sp³-hybridized carbons (Fsp3) is 0.650. The van der Waals surface area contributed by atoms with Gasteiger partial charge in [0.05, 0.1) is 12.2 Å². The number of amides is 1. The third-order valence-electron chi connectivity index (χ3n) is 4.69. The summed E-state index contributed by atoms with van der Waals surface area (Å²) >= 11 is 0. The molecule has 148 valence electrons. The molecule has 0 radical (unpaired) electrons. The first kappa shape index (κ1) is 20.2. The van der Waals surface area contributed by atoms with Gasteiger partial charge in [0.2, 0.25) is 0 Å². The minimum absolute atomic E-state index is 0.217. The molecule has 27 heavy (non-hydrogen) atoms. The van der Waals surface area contributed by atoms with Crippen molar-refractivity contribution in [3.63, 3.8) is 0 Å². The highest BCUT2D eigenvalue weighted by molar-refractivity contribution is 6.61. The topological polar surface area (TPSA) is 51.2 Å². The van der Waals surface area contributed by atoms with Crippen molar-refractivity contribution in [3.8, 4) is 0 Å². The molecule has 3 rings (SSSR count). The van der Waals surface area contributed by atoms with Crippen molar-refractivity contribution in [2.24, 2.45) is 0 Å². The number of hydrogen-bond acceptors (Lipinski definition) is 5. The van der Waals surface area contributed by atoms with Gasteiger partial charge in [-0.2, -0.15) is 0 Å². The molecule has 0 unspecified atom stereocenters. The van der Waals surface area contributed by atoms with Gasteiger partial charge in [-0.15, -0.1) is 0 Å². The van der Waals surface area contributed by atoms with Crippen molar-refractivity contribution in [2.75, 3.05) is 32.8 Å². The zero-order chi connectivity index (χ0) is 19.7. The largest absolute Gasteiger partial charge is 0.494 e. The standard InChI is InChI=1S/C20H31BN2O4/c1-19(2,3)26-18(24)23-12-10-22(11-13-23)14-16-6-8-17(9-7-16)21-25-15-20(4,5)27-21/h6-9H,10-15H2,1-5H3. The highest BCUT2D eigenvalue weighted by Crippen LogP contribution is 2.20. The molecule has 0 N–H and O–H groups in total. The molecular formula is C20H31BN2O4. The van der Waals surface area contributed by atoms with Gasteiger partial charge in [0.1, 0.15) is 5.60 Å². The van der Waals surface area contributed by atoms with E-state index in [2.05, 4.69) is 29.2 Å². The van der Waals surface area contributed by atoms with Crippen LogP contribution in [0.5, 0.6) is 0 Å². The minimum Gasteiger partial charge on any atom is -0.444 e. The smallest absolute Gasteiger partial charge is 0.444 e. The van der Waals surface area contributed by atoms with E-state index in [9.17, 15) is 4.79 Å². The van der Waals surface area contributed by atoms with Gasteiger partial charge >= 0.3 is 13.2 Å². The van der Waals surface area contributed by atoms with E-state index in [-0.39, 0.29) is 18.8 Å². The van der Waals surface area contributed by atoms with E-state index < -0.39 is 5.60 Å². The summed E-state index contributed by atoms with van der Waals surface area (Å²) in [7, 11) is -0.272. The molecule has 1 amide bonds. The monoisotopic (exact) mass is 374 g/mol. The maximum Gasteiger partial charge on any atom is 0.494 e. The second-order valence-corrected chi connectivity index (χ2v) is 9.01. The Balaban J connectivity index is 1.47. The number of rotatable bonds is 3. The normalized spacial score (nSPS) is 20.8. The van der Waals surface area contributed by atoms with Gasteiger partial charge in [-0.1, -0.05) is 24.3 Å². The van der Waals surface area contributed by atoms with E-state index in [1.54, 1.807) is 4.90 Å². The van der Waals surface area contributed by atoms with Gasteiger partial charge < -0.3 is 18.9 Å². The van der Waals surface area contributed by atoms with Gasteiger partial charge in [0.25, 0.3) is 0 Å². The summed E-state index contributed by atoms with van der Waals surface area (Å²) in [6.07, 6.45) is -0.217. The number of carbonyl (C=O) groups excluding carboxylic acids is 1. The number of piperazine rings is 1. The van der Waals surface area contributed by atoms with E-state index in [1.807, 2.05) is 34.6 Å². The average Bonchev–Trinajstić information content (AvgIpc) is 2.95. The molecule has 7 heteroatoms. The Hall–Kier alpha value is -1.57. The van der Waals surface area contributed by atoms with Crippen LogP contribution in [0.25, 0.3) is 0 Å². The lowest BCUT2D eigenvalue weighted by atomic mass is 9.79. The van der Waals surface area contributed by atoms with Crippen molar-refractivity contribution in [3.05, 3.63) is 29.8 Å². The summed E-state index contributed by atoms with van der Waals surface area (Å²) in [5, 5.41) is 0. The highest BCUT2D eigenvalue weighted by Gasteiger charge is 2.38. The van der Waals surface area contributed by atoms with Gasteiger partial charge in [-0.05, 0) is 45.6 Å².